The SMILES string of the molecule is Cc1cc(-c2c(OCc3nccn3C(C)C)nc(N)nc2-c2ccc(F)cc2)cc(C(F)F)n1.O=C=O. The van der Waals surface area contributed by atoms with E-state index in [4.69, 9.17) is 20.1 Å². The van der Waals surface area contributed by atoms with Crippen LogP contribution in [0, 0.1) is 12.7 Å². The largest absolute Gasteiger partial charge is 0.469 e. The van der Waals surface area contributed by atoms with Crippen molar-refractivity contribution in [1.29, 1.82) is 0 Å². The van der Waals surface area contributed by atoms with E-state index in [2.05, 4.69) is 19.9 Å². The fraction of sp³-hybridized carbons (Fsp3) is 0.240. The second-order valence-corrected chi connectivity index (χ2v) is 8.06. The van der Waals surface area contributed by atoms with E-state index in [0.717, 1.165) is 0 Å². The Morgan fingerprint density at radius 3 is 2.35 bits per heavy atom. The molecule has 0 spiro atoms. The van der Waals surface area contributed by atoms with Crippen molar-refractivity contribution in [3.8, 4) is 28.3 Å². The lowest BCUT2D eigenvalue weighted by Crippen LogP contribution is -2.11. The zero-order valence-electron chi connectivity index (χ0n) is 20.2. The minimum absolute atomic E-state index is 0.0588. The molecule has 0 unspecified atom stereocenters. The van der Waals surface area contributed by atoms with Gasteiger partial charge in [-0.1, -0.05) is 0 Å². The molecular formula is C25H23F3N6O3. The highest BCUT2D eigenvalue weighted by molar-refractivity contribution is 5.85. The number of carbonyl (C=O) groups excluding carboxylic acids is 2. The summed E-state index contributed by atoms with van der Waals surface area (Å²) in [6, 6.07) is 8.66. The monoisotopic (exact) mass is 512 g/mol. The van der Waals surface area contributed by atoms with E-state index in [1.165, 1.54) is 30.3 Å². The third kappa shape index (κ3) is 6.56. The van der Waals surface area contributed by atoms with Crippen LogP contribution in [0.5, 0.6) is 5.88 Å². The van der Waals surface area contributed by atoms with Gasteiger partial charge in [-0.2, -0.15) is 14.6 Å². The van der Waals surface area contributed by atoms with Crippen molar-refractivity contribution in [2.75, 3.05) is 5.73 Å². The van der Waals surface area contributed by atoms with Crippen LogP contribution < -0.4 is 10.5 Å². The first-order valence-corrected chi connectivity index (χ1v) is 11.0. The van der Waals surface area contributed by atoms with Crippen LogP contribution in [0.2, 0.25) is 0 Å². The summed E-state index contributed by atoms with van der Waals surface area (Å²) in [7, 11) is 0. The Balaban J connectivity index is 0.00000121. The summed E-state index contributed by atoms with van der Waals surface area (Å²) in [4.78, 5) is 33.1. The zero-order chi connectivity index (χ0) is 27.1. The van der Waals surface area contributed by atoms with Crippen LogP contribution in [0.15, 0.2) is 48.8 Å². The Labute approximate surface area is 210 Å². The van der Waals surface area contributed by atoms with Gasteiger partial charge in [0.2, 0.25) is 11.8 Å². The van der Waals surface area contributed by atoms with Crippen molar-refractivity contribution >= 4 is 12.1 Å². The van der Waals surface area contributed by atoms with Crippen LogP contribution in [0.25, 0.3) is 22.4 Å². The quantitative estimate of drug-likeness (QED) is 0.369. The number of anilines is 1. The maximum atomic E-state index is 13.6. The number of benzene rings is 1. The second-order valence-electron chi connectivity index (χ2n) is 8.06. The lowest BCUT2D eigenvalue weighted by molar-refractivity contribution is -0.191. The maximum Gasteiger partial charge on any atom is 0.373 e. The van der Waals surface area contributed by atoms with Crippen molar-refractivity contribution in [3.63, 3.8) is 0 Å². The molecule has 0 amide bonds. The average molecular weight is 512 g/mol. The predicted octanol–water partition coefficient (Wildman–Crippen LogP) is 4.95. The van der Waals surface area contributed by atoms with Crippen LogP contribution in [0.4, 0.5) is 19.1 Å². The number of imidazole rings is 1. The fourth-order valence-electron chi connectivity index (χ4n) is 3.65. The van der Waals surface area contributed by atoms with Crippen molar-refractivity contribution < 1.29 is 27.5 Å². The van der Waals surface area contributed by atoms with E-state index in [0.29, 0.717) is 33.9 Å². The highest BCUT2D eigenvalue weighted by atomic mass is 19.3. The molecule has 2 N–H and O–H groups in total. The topological polar surface area (TPSA) is 126 Å². The van der Waals surface area contributed by atoms with Crippen LogP contribution in [-0.2, 0) is 16.2 Å². The number of aryl methyl sites for hydroxylation is 1. The summed E-state index contributed by atoms with van der Waals surface area (Å²) < 4.78 is 48.6. The number of pyridine rings is 1. The lowest BCUT2D eigenvalue weighted by Gasteiger charge is -2.17. The molecule has 0 saturated heterocycles. The minimum Gasteiger partial charge on any atom is -0.469 e. The van der Waals surface area contributed by atoms with Crippen molar-refractivity contribution in [3.05, 3.63) is 71.8 Å². The predicted molar refractivity (Wildman–Crippen MR) is 127 cm³/mol. The van der Waals surface area contributed by atoms with Gasteiger partial charge in [0.25, 0.3) is 6.43 Å². The summed E-state index contributed by atoms with van der Waals surface area (Å²) in [5.74, 6) is 0.241. The molecule has 9 nitrogen and oxygen atoms in total. The number of nitrogens with zero attached hydrogens (tertiary/aromatic N) is 5. The molecule has 0 aliphatic rings. The first-order valence-electron chi connectivity index (χ1n) is 11.0. The molecule has 4 rings (SSSR count). The van der Waals surface area contributed by atoms with E-state index < -0.39 is 17.9 Å². The lowest BCUT2D eigenvalue weighted by atomic mass is 9.99. The van der Waals surface area contributed by atoms with Gasteiger partial charge in [-0.05, 0) is 62.7 Å². The van der Waals surface area contributed by atoms with Gasteiger partial charge in [0.05, 0.1) is 11.3 Å². The Hall–Kier alpha value is -4.57. The van der Waals surface area contributed by atoms with Crippen molar-refractivity contribution in [2.45, 2.75) is 39.8 Å². The van der Waals surface area contributed by atoms with Gasteiger partial charge in [-0.3, -0.25) is 4.98 Å². The number of rotatable bonds is 7. The fourth-order valence-corrected chi connectivity index (χ4v) is 3.65. The number of nitrogen functional groups attached to an aromatic ring is 1. The van der Waals surface area contributed by atoms with Gasteiger partial charge in [-0.25, -0.2) is 23.1 Å². The molecule has 37 heavy (non-hydrogen) atoms. The number of hydrogen-bond acceptors (Lipinski definition) is 8. The van der Waals surface area contributed by atoms with Crippen LogP contribution in [0.3, 0.4) is 0 Å². The first kappa shape index (κ1) is 27.0. The Bertz CT molecular complexity index is 1400. The molecule has 1 aromatic carbocycles. The first-order chi connectivity index (χ1) is 17.6. The molecule has 0 radical (unpaired) electrons. The van der Waals surface area contributed by atoms with E-state index in [9.17, 15) is 13.2 Å². The molecule has 192 valence electrons. The summed E-state index contributed by atoms with van der Waals surface area (Å²) >= 11 is 0. The normalized spacial score (nSPS) is 10.7. The molecule has 3 aromatic heterocycles. The third-order valence-electron chi connectivity index (χ3n) is 5.14. The summed E-state index contributed by atoms with van der Waals surface area (Å²) in [5.41, 5.74) is 7.54. The molecule has 0 fully saturated rings. The number of hydrogen-bond donors (Lipinski definition) is 1. The molecule has 0 saturated carbocycles. The van der Waals surface area contributed by atoms with Crippen LogP contribution in [-0.4, -0.2) is 30.7 Å². The van der Waals surface area contributed by atoms with Crippen molar-refractivity contribution in [1.82, 2.24) is 24.5 Å². The summed E-state index contributed by atoms with van der Waals surface area (Å²) in [6.07, 6.45) is 0.980. The van der Waals surface area contributed by atoms with E-state index in [1.54, 1.807) is 19.2 Å². The van der Waals surface area contributed by atoms with Gasteiger partial charge in [0.15, 0.2) is 0 Å². The van der Waals surface area contributed by atoms with Gasteiger partial charge < -0.3 is 15.0 Å². The Morgan fingerprint density at radius 2 is 1.73 bits per heavy atom. The van der Waals surface area contributed by atoms with Gasteiger partial charge in [0, 0.05) is 29.7 Å². The number of ether oxygens (including phenoxy) is 1. The Kier molecular flexibility index (Phi) is 8.70. The zero-order valence-corrected chi connectivity index (χ0v) is 20.2. The average Bonchev–Trinajstić information content (AvgIpc) is 3.32. The smallest absolute Gasteiger partial charge is 0.373 e. The minimum atomic E-state index is -2.77. The number of halogens is 3. The highest BCUT2D eigenvalue weighted by Gasteiger charge is 2.22. The summed E-state index contributed by atoms with van der Waals surface area (Å²) in [6.45, 7) is 5.70. The second kappa shape index (κ2) is 11.9. The maximum absolute atomic E-state index is 13.6. The standard InChI is InChI=1S/C24H23F3N6O.CO2/c1-13(2)33-9-8-29-19(33)12-34-23-20(16-10-14(3)30-18(11-16)22(26)27)21(31-24(28)32-23)15-4-6-17(25)7-5-15;2-1-3/h4-11,13,22H,12H2,1-3H3,(H2,28,31,32);. The number of aromatic nitrogens is 5. The molecule has 12 heteroatoms. The van der Waals surface area contributed by atoms with Crippen molar-refractivity contribution in [2.24, 2.45) is 0 Å². The molecule has 3 heterocycles. The van der Waals surface area contributed by atoms with Gasteiger partial charge in [0.1, 0.15) is 23.9 Å². The van der Waals surface area contributed by atoms with Gasteiger partial charge >= 0.3 is 6.15 Å². The summed E-state index contributed by atoms with van der Waals surface area (Å²) in [5, 5.41) is 0. The molecular weight excluding hydrogens is 489 g/mol. The number of alkyl halides is 2. The van der Waals surface area contributed by atoms with Crippen LogP contribution >= 0.6 is 0 Å². The van der Waals surface area contributed by atoms with E-state index >= 15 is 0 Å². The van der Waals surface area contributed by atoms with Gasteiger partial charge in [-0.15, -0.1) is 0 Å². The molecule has 0 aliphatic heterocycles. The van der Waals surface area contributed by atoms with E-state index in [1.807, 2.05) is 24.6 Å². The van der Waals surface area contributed by atoms with Crippen LogP contribution in [0.1, 0.15) is 43.5 Å². The number of nitrogens with two attached hydrogens (primary N) is 1. The van der Waals surface area contributed by atoms with E-state index in [-0.39, 0.29) is 30.6 Å². The molecule has 4 aromatic rings. The highest BCUT2D eigenvalue weighted by Crippen LogP contribution is 2.39. The molecule has 0 bridgehead atoms. The third-order valence-corrected chi connectivity index (χ3v) is 5.14. The molecule has 0 aliphatic carbocycles. The Morgan fingerprint density at radius 1 is 1.05 bits per heavy atom. The molecule has 0 atom stereocenters.